The fourth-order valence-corrected chi connectivity index (χ4v) is 1.98. The zero-order chi connectivity index (χ0) is 16.5. The van der Waals surface area contributed by atoms with E-state index in [2.05, 4.69) is 10.3 Å². The molecule has 120 valence electrons. The normalized spacial score (nSPS) is 10.7. The van der Waals surface area contributed by atoms with Crippen molar-refractivity contribution in [1.29, 1.82) is 0 Å². The first-order chi connectivity index (χ1) is 11.1. The van der Waals surface area contributed by atoms with Crippen LogP contribution in [0.15, 0.2) is 48.5 Å². The Morgan fingerprint density at radius 1 is 1.26 bits per heavy atom. The van der Waals surface area contributed by atoms with Gasteiger partial charge in [-0.3, -0.25) is 0 Å². The molecule has 1 heterocycles. The molecule has 6 heteroatoms. The number of ether oxygens (including phenoxy) is 1. The maximum Gasteiger partial charge on any atom is 0.407 e. The highest BCUT2D eigenvalue weighted by atomic mass is 35.5. The number of nitrogens with two attached hydrogens (primary N) is 1. The Balaban J connectivity index is 1.67. The first kappa shape index (κ1) is 16.8. The maximum absolute atomic E-state index is 11.5. The van der Waals surface area contributed by atoms with Gasteiger partial charge in [-0.15, -0.1) is 0 Å². The van der Waals surface area contributed by atoms with Crippen molar-refractivity contribution < 1.29 is 9.53 Å². The molecule has 0 aliphatic rings. The van der Waals surface area contributed by atoms with Crippen LogP contribution in [0.4, 0.5) is 10.5 Å². The molecule has 1 amide bonds. The van der Waals surface area contributed by atoms with E-state index >= 15 is 0 Å². The fourth-order valence-electron chi connectivity index (χ4n) is 1.82. The second kappa shape index (κ2) is 8.80. The molecule has 2 aromatic rings. The first-order valence-corrected chi connectivity index (χ1v) is 7.56. The van der Waals surface area contributed by atoms with E-state index in [9.17, 15) is 4.79 Å². The Hall–Kier alpha value is -2.53. The van der Waals surface area contributed by atoms with Gasteiger partial charge in [0.2, 0.25) is 0 Å². The largest absolute Gasteiger partial charge is 0.445 e. The van der Waals surface area contributed by atoms with Crippen molar-refractivity contribution in [3.63, 3.8) is 0 Å². The number of rotatable bonds is 6. The van der Waals surface area contributed by atoms with Crippen LogP contribution in [-0.2, 0) is 11.3 Å². The number of amides is 1. The average Bonchev–Trinajstić information content (AvgIpc) is 2.56. The van der Waals surface area contributed by atoms with E-state index in [4.69, 9.17) is 22.1 Å². The van der Waals surface area contributed by atoms with E-state index in [0.29, 0.717) is 29.5 Å². The molecule has 2 rings (SSSR count). The second-order valence-corrected chi connectivity index (χ2v) is 5.18. The predicted octanol–water partition coefficient (Wildman–Crippen LogP) is 3.65. The Morgan fingerprint density at radius 2 is 2.04 bits per heavy atom. The van der Waals surface area contributed by atoms with Crippen molar-refractivity contribution in [3.05, 3.63) is 65.0 Å². The van der Waals surface area contributed by atoms with E-state index in [0.717, 1.165) is 5.56 Å². The molecule has 0 atom stereocenters. The van der Waals surface area contributed by atoms with E-state index in [1.54, 1.807) is 18.2 Å². The topological polar surface area (TPSA) is 77.2 Å². The number of benzene rings is 1. The molecule has 3 N–H and O–H groups in total. The third kappa shape index (κ3) is 6.00. The summed E-state index contributed by atoms with van der Waals surface area (Å²) in [6.45, 7) is 0.718. The Labute approximate surface area is 140 Å². The van der Waals surface area contributed by atoms with E-state index in [1.165, 1.54) is 0 Å². The number of nitrogens with one attached hydrogen (secondary N) is 1. The summed E-state index contributed by atoms with van der Waals surface area (Å²) in [7, 11) is 0. The van der Waals surface area contributed by atoms with Crippen LogP contribution in [0.5, 0.6) is 0 Å². The molecule has 5 nitrogen and oxygen atoms in total. The van der Waals surface area contributed by atoms with Crippen LogP contribution in [0, 0.1) is 0 Å². The van der Waals surface area contributed by atoms with Gasteiger partial charge in [0.05, 0.1) is 11.4 Å². The lowest BCUT2D eigenvalue weighted by Crippen LogP contribution is -2.24. The number of hydrogen-bond acceptors (Lipinski definition) is 4. The Bertz CT molecular complexity index is 675. The van der Waals surface area contributed by atoms with Gasteiger partial charge in [-0.2, -0.15) is 0 Å². The minimum Gasteiger partial charge on any atom is -0.445 e. The third-order valence-electron chi connectivity index (χ3n) is 2.99. The van der Waals surface area contributed by atoms with Gasteiger partial charge in [-0.1, -0.05) is 48.0 Å². The molecular weight excluding hydrogens is 314 g/mol. The molecule has 0 aliphatic carbocycles. The van der Waals surface area contributed by atoms with Crippen LogP contribution in [0.1, 0.15) is 17.7 Å². The van der Waals surface area contributed by atoms with Crippen LogP contribution in [0.25, 0.3) is 6.08 Å². The van der Waals surface area contributed by atoms with E-state index in [-0.39, 0.29) is 6.61 Å². The van der Waals surface area contributed by atoms with Gasteiger partial charge in [0.25, 0.3) is 0 Å². The fraction of sp³-hybridized carbons (Fsp3) is 0.176. The Morgan fingerprint density at radius 3 is 2.83 bits per heavy atom. The summed E-state index contributed by atoms with van der Waals surface area (Å²) < 4.78 is 5.10. The molecule has 0 aliphatic heterocycles. The molecular formula is C17H18ClN3O2. The summed E-state index contributed by atoms with van der Waals surface area (Å²) in [4.78, 5) is 15.7. The quantitative estimate of drug-likeness (QED) is 0.625. The molecule has 1 aromatic carbocycles. The standard InChI is InChI=1S/C17H18ClN3O2/c18-16-10-9-14(19)15(21-16)8-4-5-11-20-17(22)23-12-13-6-2-1-3-7-13/h1-4,6-10H,5,11-12,19H2,(H,20,22). The van der Waals surface area contributed by atoms with Gasteiger partial charge >= 0.3 is 6.09 Å². The number of anilines is 1. The molecule has 0 spiro atoms. The van der Waals surface area contributed by atoms with Crippen molar-refractivity contribution in [1.82, 2.24) is 10.3 Å². The number of carbonyl (C=O) groups is 1. The molecule has 0 unspecified atom stereocenters. The maximum atomic E-state index is 11.5. The van der Waals surface area contributed by atoms with Crippen LogP contribution < -0.4 is 11.1 Å². The molecule has 1 aromatic heterocycles. The van der Waals surface area contributed by atoms with Gasteiger partial charge < -0.3 is 15.8 Å². The number of hydrogen-bond donors (Lipinski definition) is 2. The number of alkyl carbamates (subject to hydrolysis) is 1. The number of carbonyl (C=O) groups excluding carboxylic acids is 1. The van der Waals surface area contributed by atoms with Crippen LogP contribution in [-0.4, -0.2) is 17.6 Å². The second-order valence-electron chi connectivity index (χ2n) is 4.79. The summed E-state index contributed by atoms with van der Waals surface area (Å²) in [6.07, 6.45) is 3.83. The highest BCUT2D eigenvalue weighted by molar-refractivity contribution is 6.29. The predicted molar refractivity (Wildman–Crippen MR) is 91.9 cm³/mol. The smallest absolute Gasteiger partial charge is 0.407 e. The number of aromatic nitrogens is 1. The molecule has 23 heavy (non-hydrogen) atoms. The van der Waals surface area contributed by atoms with Crippen LogP contribution >= 0.6 is 11.6 Å². The van der Waals surface area contributed by atoms with Gasteiger partial charge in [0.1, 0.15) is 11.8 Å². The SMILES string of the molecule is Nc1ccc(Cl)nc1C=CCCNC(=O)OCc1ccccc1. The Kier molecular flexibility index (Phi) is 6.44. The lowest BCUT2D eigenvalue weighted by atomic mass is 10.2. The van der Waals surface area contributed by atoms with Crippen molar-refractivity contribution in [2.75, 3.05) is 12.3 Å². The van der Waals surface area contributed by atoms with Crippen molar-refractivity contribution in [2.45, 2.75) is 13.0 Å². The van der Waals surface area contributed by atoms with Crippen molar-refractivity contribution in [3.8, 4) is 0 Å². The minimum absolute atomic E-state index is 0.255. The number of nitrogen functional groups attached to an aromatic ring is 1. The number of pyridine rings is 1. The van der Waals surface area contributed by atoms with Gasteiger partial charge in [-0.25, -0.2) is 9.78 Å². The summed E-state index contributed by atoms with van der Waals surface area (Å²) in [5.74, 6) is 0. The third-order valence-corrected chi connectivity index (χ3v) is 3.20. The van der Waals surface area contributed by atoms with Gasteiger partial charge in [-0.05, 0) is 30.2 Å². The van der Waals surface area contributed by atoms with Crippen LogP contribution in [0.3, 0.4) is 0 Å². The minimum atomic E-state index is -0.442. The van der Waals surface area contributed by atoms with Gasteiger partial charge in [0, 0.05) is 6.54 Å². The van der Waals surface area contributed by atoms with E-state index < -0.39 is 6.09 Å². The number of halogens is 1. The average molecular weight is 332 g/mol. The summed E-state index contributed by atoms with van der Waals surface area (Å²) >= 11 is 5.81. The lowest BCUT2D eigenvalue weighted by molar-refractivity contribution is 0.140. The zero-order valence-electron chi connectivity index (χ0n) is 12.5. The molecule has 0 saturated heterocycles. The molecule has 0 bridgehead atoms. The monoisotopic (exact) mass is 331 g/mol. The summed E-state index contributed by atoms with van der Waals surface area (Å²) in [5, 5.41) is 3.07. The molecule has 0 saturated carbocycles. The molecule has 0 radical (unpaired) electrons. The first-order valence-electron chi connectivity index (χ1n) is 7.18. The highest BCUT2D eigenvalue weighted by Gasteiger charge is 2.01. The van der Waals surface area contributed by atoms with Gasteiger partial charge in [0.15, 0.2) is 0 Å². The summed E-state index contributed by atoms with van der Waals surface area (Å²) in [6, 6.07) is 12.9. The lowest BCUT2D eigenvalue weighted by Gasteiger charge is -2.06. The molecule has 0 fully saturated rings. The van der Waals surface area contributed by atoms with E-state index in [1.807, 2.05) is 36.4 Å². The van der Waals surface area contributed by atoms with Crippen molar-refractivity contribution >= 4 is 29.5 Å². The zero-order valence-corrected chi connectivity index (χ0v) is 13.3. The van der Waals surface area contributed by atoms with Crippen molar-refractivity contribution in [2.24, 2.45) is 0 Å². The summed E-state index contributed by atoms with van der Waals surface area (Å²) in [5.41, 5.74) is 7.91. The van der Waals surface area contributed by atoms with Crippen LogP contribution in [0.2, 0.25) is 5.15 Å². The highest BCUT2D eigenvalue weighted by Crippen LogP contribution is 2.14. The number of nitrogens with zero attached hydrogens (tertiary/aromatic N) is 1.